The van der Waals surface area contributed by atoms with E-state index in [0.717, 1.165) is 22.7 Å². The Morgan fingerprint density at radius 3 is 1.67 bits per heavy atom. The molecule has 3 heteroatoms. The van der Waals surface area contributed by atoms with Gasteiger partial charge in [0.2, 0.25) is 0 Å². The van der Waals surface area contributed by atoms with E-state index >= 15 is 0 Å². The zero-order chi connectivity index (χ0) is 42.2. The third-order valence-corrected chi connectivity index (χ3v) is 14.6. The average Bonchev–Trinajstić information content (AvgIpc) is 4.02. The van der Waals surface area contributed by atoms with Crippen LogP contribution in [0.1, 0.15) is 22.3 Å². The molecule has 0 radical (unpaired) electrons. The molecule has 10 aromatic carbocycles. The number of hydrogen-bond acceptors (Lipinski definition) is 2. The van der Waals surface area contributed by atoms with Crippen molar-refractivity contribution >= 4 is 70.4 Å². The van der Waals surface area contributed by atoms with E-state index in [1.165, 1.54) is 86.5 Å². The lowest BCUT2D eigenvalue weighted by molar-refractivity contribution is 0.770. The Balaban J connectivity index is 1.10. The van der Waals surface area contributed by atoms with Crippen LogP contribution in [0.5, 0.6) is 0 Å². The lowest BCUT2D eigenvalue weighted by atomic mass is 9.67. The molecule has 2 heterocycles. The van der Waals surface area contributed by atoms with Crippen molar-refractivity contribution in [3.05, 3.63) is 265 Å². The SMILES string of the molecule is c1ccc(-c2ccc(N(c3ccc4c(c3)c3cc(C5(c6ccccc6)c6ccccc6-c6ccccc65)ccc3n4-c3ccccc3)c3cccc4sc5ccccc5c34)cc2)cc1. The van der Waals surface area contributed by atoms with E-state index in [1.807, 2.05) is 11.3 Å². The normalized spacial score (nSPS) is 12.8. The molecular formula is C61H40N2S. The molecule has 0 bridgehead atoms. The molecule has 2 aromatic heterocycles. The molecule has 0 fully saturated rings. The number of benzene rings is 10. The molecule has 300 valence electrons. The van der Waals surface area contributed by atoms with Gasteiger partial charge < -0.3 is 9.47 Å². The fourth-order valence-corrected chi connectivity index (χ4v) is 11.9. The summed E-state index contributed by atoms with van der Waals surface area (Å²) in [5, 5.41) is 4.97. The molecule has 13 rings (SSSR count). The van der Waals surface area contributed by atoms with Gasteiger partial charge in [0.25, 0.3) is 0 Å². The Labute approximate surface area is 376 Å². The third kappa shape index (κ3) is 5.44. The van der Waals surface area contributed by atoms with Gasteiger partial charge in [0.15, 0.2) is 0 Å². The van der Waals surface area contributed by atoms with E-state index in [-0.39, 0.29) is 0 Å². The summed E-state index contributed by atoms with van der Waals surface area (Å²) in [6.07, 6.45) is 0. The highest BCUT2D eigenvalue weighted by atomic mass is 32.1. The number of anilines is 3. The molecule has 0 saturated carbocycles. The van der Waals surface area contributed by atoms with Crippen LogP contribution in [0.3, 0.4) is 0 Å². The highest BCUT2D eigenvalue weighted by molar-refractivity contribution is 7.26. The van der Waals surface area contributed by atoms with Gasteiger partial charge in [0, 0.05) is 48.0 Å². The van der Waals surface area contributed by atoms with E-state index in [4.69, 9.17) is 0 Å². The lowest BCUT2D eigenvalue weighted by Crippen LogP contribution is -2.28. The first kappa shape index (κ1) is 36.7. The molecule has 0 saturated heterocycles. The van der Waals surface area contributed by atoms with Crippen molar-refractivity contribution in [2.75, 3.05) is 4.90 Å². The van der Waals surface area contributed by atoms with E-state index in [2.05, 4.69) is 252 Å². The zero-order valence-electron chi connectivity index (χ0n) is 34.9. The van der Waals surface area contributed by atoms with Crippen molar-refractivity contribution < 1.29 is 0 Å². The maximum absolute atomic E-state index is 2.50. The summed E-state index contributed by atoms with van der Waals surface area (Å²) in [5.41, 5.74) is 16.5. The minimum atomic E-state index is -0.510. The summed E-state index contributed by atoms with van der Waals surface area (Å²) >= 11 is 1.86. The van der Waals surface area contributed by atoms with Gasteiger partial charge in [-0.15, -0.1) is 11.3 Å². The lowest BCUT2D eigenvalue weighted by Gasteiger charge is -2.34. The van der Waals surface area contributed by atoms with Crippen LogP contribution in [0.4, 0.5) is 17.1 Å². The molecule has 0 atom stereocenters. The van der Waals surface area contributed by atoms with Gasteiger partial charge in [0.1, 0.15) is 0 Å². The summed E-state index contributed by atoms with van der Waals surface area (Å²) in [6.45, 7) is 0. The van der Waals surface area contributed by atoms with Crippen LogP contribution in [0.15, 0.2) is 243 Å². The van der Waals surface area contributed by atoms with Crippen LogP contribution >= 0.6 is 11.3 Å². The van der Waals surface area contributed by atoms with E-state index in [9.17, 15) is 0 Å². The van der Waals surface area contributed by atoms with Crippen molar-refractivity contribution in [3.63, 3.8) is 0 Å². The number of nitrogens with zero attached hydrogens (tertiary/aromatic N) is 2. The molecule has 12 aromatic rings. The van der Waals surface area contributed by atoms with Crippen LogP contribution in [0.25, 0.3) is 69.9 Å². The number of para-hydroxylation sites is 1. The van der Waals surface area contributed by atoms with Crippen molar-refractivity contribution in [2.24, 2.45) is 0 Å². The Morgan fingerprint density at radius 2 is 0.938 bits per heavy atom. The maximum Gasteiger partial charge on any atom is 0.0713 e. The molecule has 1 aliphatic carbocycles. The first-order chi connectivity index (χ1) is 31.8. The minimum Gasteiger partial charge on any atom is -0.310 e. The second-order valence-corrected chi connectivity index (χ2v) is 17.9. The quantitative estimate of drug-likeness (QED) is 0.155. The molecule has 0 spiro atoms. The number of fused-ring (bicyclic) bond motifs is 9. The summed E-state index contributed by atoms with van der Waals surface area (Å²) in [6, 6.07) is 89.6. The molecule has 1 aliphatic rings. The highest BCUT2D eigenvalue weighted by Crippen LogP contribution is 2.57. The Bertz CT molecular complexity index is 3670. The van der Waals surface area contributed by atoms with Gasteiger partial charge in [-0.2, -0.15) is 0 Å². The van der Waals surface area contributed by atoms with E-state index in [0.29, 0.717) is 0 Å². The third-order valence-electron chi connectivity index (χ3n) is 13.5. The van der Waals surface area contributed by atoms with Crippen LogP contribution < -0.4 is 4.90 Å². The second kappa shape index (κ2) is 14.6. The molecule has 0 N–H and O–H groups in total. The van der Waals surface area contributed by atoms with Crippen molar-refractivity contribution in [3.8, 4) is 27.9 Å². The van der Waals surface area contributed by atoms with Crippen LogP contribution in [-0.4, -0.2) is 4.57 Å². The van der Waals surface area contributed by atoms with Crippen molar-refractivity contribution in [1.29, 1.82) is 0 Å². The average molecular weight is 833 g/mol. The fraction of sp³-hybridized carbons (Fsp3) is 0.0164. The smallest absolute Gasteiger partial charge is 0.0713 e. The number of aromatic nitrogens is 1. The number of thiophene rings is 1. The summed E-state index contributed by atoms with van der Waals surface area (Å²) < 4.78 is 5.01. The molecule has 0 amide bonds. The fourth-order valence-electron chi connectivity index (χ4n) is 10.8. The second-order valence-electron chi connectivity index (χ2n) is 16.8. The predicted molar refractivity (Wildman–Crippen MR) is 271 cm³/mol. The molecule has 2 nitrogen and oxygen atoms in total. The summed E-state index contributed by atoms with van der Waals surface area (Å²) in [5.74, 6) is 0. The van der Waals surface area contributed by atoms with Gasteiger partial charge in [-0.05, 0) is 117 Å². The van der Waals surface area contributed by atoms with Crippen LogP contribution in [0.2, 0.25) is 0 Å². The molecule has 0 aliphatic heterocycles. The van der Waals surface area contributed by atoms with Gasteiger partial charge in [-0.25, -0.2) is 0 Å². The monoisotopic (exact) mass is 832 g/mol. The van der Waals surface area contributed by atoms with Gasteiger partial charge in [0.05, 0.1) is 22.1 Å². The van der Waals surface area contributed by atoms with Crippen LogP contribution in [0, 0.1) is 0 Å². The van der Waals surface area contributed by atoms with Crippen LogP contribution in [-0.2, 0) is 5.41 Å². The Kier molecular flexibility index (Phi) is 8.34. The molecule has 64 heavy (non-hydrogen) atoms. The molecule has 0 unspecified atom stereocenters. The highest BCUT2D eigenvalue weighted by Gasteiger charge is 2.46. The maximum atomic E-state index is 2.50. The van der Waals surface area contributed by atoms with Crippen molar-refractivity contribution in [2.45, 2.75) is 5.41 Å². The molecular weight excluding hydrogens is 793 g/mol. The predicted octanol–water partition coefficient (Wildman–Crippen LogP) is 16.7. The first-order valence-electron chi connectivity index (χ1n) is 22.0. The Hall–Kier alpha value is -7.98. The van der Waals surface area contributed by atoms with Gasteiger partial charge >= 0.3 is 0 Å². The van der Waals surface area contributed by atoms with Gasteiger partial charge in [-0.3, -0.25) is 0 Å². The largest absolute Gasteiger partial charge is 0.310 e. The Morgan fingerprint density at radius 1 is 0.375 bits per heavy atom. The van der Waals surface area contributed by atoms with Gasteiger partial charge in [-0.1, -0.05) is 170 Å². The number of rotatable bonds is 7. The summed E-state index contributed by atoms with van der Waals surface area (Å²) in [4.78, 5) is 2.47. The van der Waals surface area contributed by atoms with E-state index < -0.39 is 5.41 Å². The van der Waals surface area contributed by atoms with E-state index in [1.54, 1.807) is 0 Å². The topological polar surface area (TPSA) is 8.17 Å². The number of hydrogen-bond donors (Lipinski definition) is 0. The summed E-state index contributed by atoms with van der Waals surface area (Å²) in [7, 11) is 0. The first-order valence-corrected chi connectivity index (χ1v) is 22.8. The van der Waals surface area contributed by atoms with Crippen molar-refractivity contribution in [1.82, 2.24) is 4.57 Å². The zero-order valence-corrected chi connectivity index (χ0v) is 35.7. The minimum absolute atomic E-state index is 0.510. The standard InChI is InChI=1S/C61H40N2S/c1-4-17-41(18-5-1)42-31-34-46(35-32-42)62(57-28-16-30-59-60(57)50-25-12-15-29-58(50)64-59)47-36-38-56-52(40-47)51-39-44(33-37-55(51)63(56)45-21-8-3-9-22-45)61(43-19-6-2-7-20-43)53-26-13-10-23-48(53)49-24-11-14-27-54(49)61/h1-40H.